The summed E-state index contributed by atoms with van der Waals surface area (Å²) < 4.78 is 12.3. The topological polar surface area (TPSA) is 55.8 Å². The fourth-order valence-electron chi connectivity index (χ4n) is 6.05. The second-order valence-corrected chi connectivity index (χ2v) is 8.22. The maximum atomic E-state index is 11.7. The van der Waals surface area contributed by atoms with Crippen molar-refractivity contribution in [3.63, 3.8) is 0 Å². The largest absolute Gasteiger partial charge is 0.392 e. The van der Waals surface area contributed by atoms with E-state index in [-0.39, 0.29) is 28.6 Å². The molecular formula is C20H30O4. The maximum Gasteiger partial charge on any atom is 0.172 e. The van der Waals surface area contributed by atoms with Crippen LogP contribution in [-0.4, -0.2) is 36.5 Å². The normalized spacial score (nSPS) is 42.4. The highest BCUT2D eigenvalue weighted by atomic mass is 16.7. The molecular weight excluding hydrogens is 304 g/mol. The van der Waals surface area contributed by atoms with Crippen molar-refractivity contribution in [1.82, 2.24) is 0 Å². The highest BCUT2D eigenvalue weighted by molar-refractivity contribution is 5.55. The van der Waals surface area contributed by atoms with E-state index in [1.807, 2.05) is 6.92 Å². The molecule has 0 unspecified atom stereocenters. The van der Waals surface area contributed by atoms with Crippen LogP contribution in [0.25, 0.3) is 0 Å². The molecule has 3 aliphatic rings. The molecule has 1 aliphatic heterocycles. The second-order valence-electron chi connectivity index (χ2n) is 8.22. The van der Waals surface area contributed by atoms with Crippen LogP contribution in [-0.2, 0) is 14.3 Å². The second kappa shape index (κ2) is 6.12. The minimum absolute atomic E-state index is 0.0175. The highest BCUT2D eigenvalue weighted by Gasteiger charge is 2.73. The first-order valence-corrected chi connectivity index (χ1v) is 9.18. The Bertz CT molecular complexity index is 556. The standard InChI is InChI=1S/C20H30O4/c1-5-6-7-16(22)18(4)14(2)12-19(15(3)13-21)8-9-20(17(18)19)23-10-11-24-20/h13-17,22H,7-12H2,1-4H3/t14-,15-,16-,17+,18+,19-/m1/s1. The molecule has 0 radical (unpaired) electrons. The molecule has 0 amide bonds. The van der Waals surface area contributed by atoms with Crippen LogP contribution in [0.2, 0.25) is 0 Å². The predicted molar refractivity (Wildman–Crippen MR) is 91.0 cm³/mol. The summed E-state index contributed by atoms with van der Waals surface area (Å²) in [6.45, 7) is 9.36. The van der Waals surface area contributed by atoms with Gasteiger partial charge in [0.15, 0.2) is 5.79 Å². The molecule has 6 atom stereocenters. The Morgan fingerprint density at radius 1 is 1.33 bits per heavy atom. The number of ether oxygens (including phenoxy) is 2. The van der Waals surface area contributed by atoms with Crippen molar-refractivity contribution in [3.8, 4) is 11.8 Å². The van der Waals surface area contributed by atoms with E-state index >= 15 is 0 Å². The van der Waals surface area contributed by atoms with Crippen LogP contribution >= 0.6 is 0 Å². The first kappa shape index (κ1) is 17.9. The van der Waals surface area contributed by atoms with E-state index in [0.717, 1.165) is 25.5 Å². The van der Waals surface area contributed by atoms with E-state index in [0.29, 0.717) is 19.6 Å². The third-order valence-electron chi connectivity index (χ3n) is 7.40. The number of aliphatic hydroxyl groups is 1. The van der Waals surface area contributed by atoms with Gasteiger partial charge in [0.2, 0.25) is 0 Å². The molecule has 2 aliphatic carbocycles. The lowest BCUT2D eigenvalue weighted by Crippen LogP contribution is -2.53. The van der Waals surface area contributed by atoms with E-state index in [2.05, 4.69) is 25.7 Å². The van der Waals surface area contributed by atoms with E-state index in [1.54, 1.807) is 6.92 Å². The zero-order valence-electron chi connectivity index (χ0n) is 15.3. The number of aliphatic hydroxyl groups excluding tert-OH is 1. The molecule has 4 nitrogen and oxygen atoms in total. The summed E-state index contributed by atoms with van der Waals surface area (Å²) >= 11 is 0. The van der Waals surface area contributed by atoms with Crippen molar-refractivity contribution in [2.24, 2.45) is 28.6 Å². The van der Waals surface area contributed by atoms with Crippen molar-refractivity contribution in [2.45, 2.75) is 65.3 Å². The third-order valence-corrected chi connectivity index (χ3v) is 7.40. The van der Waals surface area contributed by atoms with Crippen molar-refractivity contribution < 1.29 is 19.4 Å². The van der Waals surface area contributed by atoms with Gasteiger partial charge in [0.05, 0.1) is 19.3 Å². The molecule has 0 bridgehead atoms. The third kappa shape index (κ3) is 2.21. The lowest BCUT2D eigenvalue weighted by molar-refractivity contribution is -0.230. The number of hydrogen-bond donors (Lipinski definition) is 1. The Morgan fingerprint density at radius 2 is 2.00 bits per heavy atom. The average molecular weight is 334 g/mol. The fraction of sp³-hybridized carbons (Fsp3) is 0.850. The molecule has 134 valence electrons. The van der Waals surface area contributed by atoms with Crippen molar-refractivity contribution in [3.05, 3.63) is 0 Å². The van der Waals surface area contributed by atoms with Crippen molar-refractivity contribution in [2.75, 3.05) is 13.2 Å². The number of hydrogen-bond acceptors (Lipinski definition) is 4. The molecule has 1 heterocycles. The minimum Gasteiger partial charge on any atom is -0.392 e. The minimum atomic E-state index is -0.641. The maximum absolute atomic E-state index is 11.7. The lowest BCUT2D eigenvalue weighted by Gasteiger charge is -2.47. The Kier molecular flexibility index (Phi) is 4.57. The predicted octanol–water partition coefficient (Wildman–Crippen LogP) is 2.78. The summed E-state index contributed by atoms with van der Waals surface area (Å²) in [6.07, 6.45) is 3.65. The van der Waals surface area contributed by atoms with Gasteiger partial charge in [0.1, 0.15) is 6.29 Å². The smallest absolute Gasteiger partial charge is 0.172 e. The molecule has 1 saturated heterocycles. The van der Waals surface area contributed by atoms with Gasteiger partial charge in [0, 0.05) is 30.1 Å². The SMILES string of the molecule is CC#CC[C@@H](O)[C@]1(C)[C@H](C)C[C@@]2([C@H](C)C=O)CCC3(OCCO3)[C@H]21. The monoisotopic (exact) mass is 334 g/mol. The lowest BCUT2D eigenvalue weighted by atomic mass is 9.62. The summed E-state index contributed by atoms with van der Waals surface area (Å²) in [7, 11) is 0. The molecule has 2 saturated carbocycles. The summed E-state index contributed by atoms with van der Waals surface area (Å²) in [5, 5.41) is 11.1. The molecule has 1 N–H and O–H groups in total. The molecule has 0 aromatic rings. The van der Waals surface area contributed by atoms with E-state index in [9.17, 15) is 9.90 Å². The molecule has 24 heavy (non-hydrogen) atoms. The Hall–Kier alpha value is -0.890. The number of carbonyl (C=O) groups is 1. The van der Waals surface area contributed by atoms with Gasteiger partial charge < -0.3 is 19.4 Å². The van der Waals surface area contributed by atoms with Gasteiger partial charge in [-0.2, -0.15) is 0 Å². The van der Waals surface area contributed by atoms with Crippen molar-refractivity contribution >= 4 is 6.29 Å². The van der Waals surface area contributed by atoms with Crippen molar-refractivity contribution in [1.29, 1.82) is 0 Å². The molecule has 4 heteroatoms. The van der Waals surface area contributed by atoms with Gasteiger partial charge in [-0.15, -0.1) is 11.8 Å². The van der Waals surface area contributed by atoms with Crippen LogP contribution in [0.4, 0.5) is 0 Å². The molecule has 3 rings (SSSR count). The van der Waals surface area contributed by atoms with Gasteiger partial charge in [-0.05, 0) is 31.1 Å². The van der Waals surface area contributed by atoms with Gasteiger partial charge in [0.25, 0.3) is 0 Å². The molecule has 0 aromatic heterocycles. The quantitative estimate of drug-likeness (QED) is 0.634. The average Bonchev–Trinajstić information content (AvgIpc) is 3.23. The highest BCUT2D eigenvalue weighted by Crippen LogP contribution is 2.72. The van der Waals surface area contributed by atoms with Crippen LogP contribution in [0.15, 0.2) is 0 Å². The van der Waals surface area contributed by atoms with Crippen LogP contribution in [0.3, 0.4) is 0 Å². The van der Waals surface area contributed by atoms with Gasteiger partial charge in [-0.25, -0.2) is 0 Å². The Balaban J connectivity index is 2.08. The van der Waals surface area contributed by atoms with E-state index < -0.39 is 11.9 Å². The Labute approximate surface area is 145 Å². The summed E-state index contributed by atoms with van der Waals surface area (Å²) in [5.41, 5.74) is -0.525. The van der Waals surface area contributed by atoms with Gasteiger partial charge >= 0.3 is 0 Å². The summed E-state index contributed by atoms with van der Waals surface area (Å²) in [6, 6.07) is 0. The van der Waals surface area contributed by atoms with Crippen LogP contribution < -0.4 is 0 Å². The summed E-state index contributed by atoms with van der Waals surface area (Å²) in [5.74, 6) is 5.51. The van der Waals surface area contributed by atoms with Crippen LogP contribution in [0.1, 0.15) is 53.4 Å². The zero-order chi connectivity index (χ0) is 17.6. The number of rotatable bonds is 4. The number of carbonyl (C=O) groups excluding carboxylic acids is 1. The number of fused-ring (bicyclic) bond motifs is 2. The van der Waals surface area contributed by atoms with Crippen LogP contribution in [0.5, 0.6) is 0 Å². The van der Waals surface area contributed by atoms with Gasteiger partial charge in [-0.1, -0.05) is 20.8 Å². The molecule has 0 aromatic carbocycles. The molecule has 3 fully saturated rings. The fourth-order valence-corrected chi connectivity index (χ4v) is 6.05. The first-order valence-electron chi connectivity index (χ1n) is 9.18. The van der Waals surface area contributed by atoms with Crippen LogP contribution in [0, 0.1) is 40.4 Å². The first-order chi connectivity index (χ1) is 11.4. The Morgan fingerprint density at radius 3 is 2.58 bits per heavy atom. The number of aldehydes is 1. The zero-order valence-corrected chi connectivity index (χ0v) is 15.3. The van der Waals surface area contributed by atoms with Gasteiger partial charge in [-0.3, -0.25) is 0 Å². The molecule has 1 spiro atoms. The summed E-state index contributed by atoms with van der Waals surface area (Å²) in [4.78, 5) is 11.7. The van der Waals surface area contributed by atoms with E-state index in [4.69, 9.17) is 9.47 Å². The van der Waals surface area contributed by atoms with E-state index in [1.165, 1.54) is 0 Å².